The largest absolute Gasteiger partial charge is 0.545 e. The van der Waals surface area contributed by atoms with Gasteiger partial charge in [0.25, 0.3) is 0 Å². The first-order valence-corrected chi connectivity index (χ1v) is 10.9. The molecule has 0 spiro atoms. The molecule has 0 N–H and O–H groups in total. The number of benzene rings is 4. The molecule has 32 heavy (non-hydrogen) atoms. The minimum Gasteiger partial charge on any atom is -0.545 e. The predicted octanol–water partition coefficient (Wildman–Crippen LogP) is 5.85. The number of rotatable bonds is 4. The molecule has 0 fully saturated rings. The molecule has 162 valence electrons. The SMILES string of the molecule is O=C([O-])c1ccc(C(F)(F)F)cc1.c1ccc([S+](c2ccccc2)c2ccccc2)cc1. The molecule has 4 rings (SSSR count). The monoisotopic (exact) mass is 452 g/mol. The van der Waals surface area contributed by atoms with Gasteiger partial charge >= 0.3 is 6.18 Å². The van der Waals surface area contributed by atoms with Crippen LogP contribution in [-0.2, 0) is 17.1 Å². The quantitative estimate of drug-likeness (QED) is 0.365. The normalized spacial score (nSPS) is 10.9. The minimum absolute atomic E-state index is 0.0146. The van der Waals surface area contributed by atoms with Crippen LogP contribution in [0.25, 0.3) is 0 Å². The molecule has 6 heteroatoms. The zero-order valence-corrected chi connectivity index (χ0v) is 17.6. The highest BCUT2D eigenvalue weighted by atomic mass is 32.2. The lowest BCUT2D eigenvalue weighted by Gasteiger charge is -2.07. The first kappa shape index (κ1) is 23.2. The summed E-state index contributed by atoms with van der Waals surface area (Å²) in [7, 11) is -0.0146. The Bertz CT molecular complexity index is 1020. The molecule has 2 nitrogen and oxygen atoms in total. The van der Waals surface area contributed by atoms with Gasteiger partial charge in [0.05, 0.1) is 22.4 Å². The van der Waals surface area contributed by atoms with Gasteiger partial charge in [0.15, 0.2) is 14.7 Å². The number of halogens is 3. The first-order valence-electron chi connectivity index (χ1n) is 9.64. The number of hydrogen-bond donors (Lipinski definition) is 0. The van der Waals surface area contributed by atoms with Crippen molar-refractivity contribution in [3.05, 3.63) is 126 Å². The van der Waals surface area contributed by atoms with Gasteiger partial charge in [-0.05, 0) is 54.1 Å². The van der Waals surface area contributed by atoms with Crippen LogP contribution in [0.4, 0.5) is 13.2 Å². The number of carbonyl (C=O) groups excluding carboxylic acids is 1. The molecular formula is C26H19F3O2S. The Morgan fingerprint density at radius 2 is 0.938 bits per heavy atom. The fraction of sp³-hybridized carbons (Fsp3) is 0.0385. The van der Waals surface area contributed by atoms with Crippen molar-refractivity contribution in [3.8, 4) is 0 Å². The fourth-order valence-corrected chi connectivity index (χ4v) is 4.98. The molecule has 0 atom stereocenters. The number of carboxylic acids is 1. The summed E-state index contributed by atoms with van der Waals surface area (Å²) in [6.45, 7) is 0. The van der Waals surface area contributed by atoms with E-state index in [2.05, 4.69) is 91.0 Å². The van der Waals surface area contributed by atoms with Crippen molar-refractivity contribution in [1.82, 2.24) is 0 Å². The number of alkyl halides is 3. The molecule has 0 aliphatic heterocycles. The standard InChI is InChI=1S/C18H15S.C8H5F3O2/c1-4-10-16(11-5-1)19(17-12-6-2-7-13-17)18-14-8-3-9-15-18;9-8(10,11)6-3-1-5(2-4-6)7(12)13/h1-15H;1-4H,(H,12,13)/q+1;/p-1. The third-order valence-corrected chi connectivity index (χ3v) is 6.62. The highest BCUT2D eigenvalue weighted by Gasteiger charge is 2.30. The van der Waals surface area contributed by atoms with Gasteiger partial charge < -0.3 is 9.90 Å². The van der Waals surface area contributed by atoms with Crippen molar-refractivity contribution in [2.45, 2.75) is 20.9 Å². The van der Waals surface area contributed by atoms with Crippen molar-refractivity contribution >= 4 is 16.9 Å². The molecular weight excluding hydrogens is 433 g/mol. The second kappa shape index (κ2) is 10.7. The van der Waals surface area contributed by atoms with Gasteiger partial charge in [-0.1, -0.05) is 66.7 Å². The van der Waals surface area contributed by atoms with Crippen LogP contribution >= 0.6 is 0 Å². The van der Waals surface area contributed by atoms with E-state index in [9.17, 15) is 23.1 Å². The molecule has 0 aliphatic rings. The van der Waals surface area contributed by atoms with Crippen molar-refractivity contribution in [1.29, 1.82) is 0 Å². The smallest absolute Gasteiger partial charge is 0.416 e. The molecule has 0 amide bonds. The highest BCUT2D eigenvalue weighted by molar-refractivity contribution is 7.97. The van der Waals surface area contributed by atoms with Gasteiger partial charge in [-0.25, -0.2) is 0 Å². The van der Waals surface area contributed by atoms with E-state index < -0.39 is 17.7 Å². The summed E-state index contributed by atoms with van der Waals surface area (Å²) in [5, 5.41) is 10.2. The molecule has 0 unspecified atom stereocenters. The fourth-order valence-electron chi connectivity index (χ4n) is 2.87. The van der Waals surface area contributed by atoms with Crippen LogP contribution in [0.1, 0.15) is 15.9 Å². The van der Waals surface area contributed by atoms with Crippen LogP contribution in [0.15, 0.2) is 130 Å². The Balaban J connectivity index is 0.000000195. The first-order chi connectivity index (χ1) is 15.4. The zero-order valence-electron chi connectivity index (χ0n) is 16.8. The molecule has 4 aromatic carbocycles. The van der Waals surface area contributed by atoms with Gasteiger partial charge in [0.1, 0.15) is 0 Å². The van der Waals surface area contributed by atoms with Crippen molar-refractivity contribution in [2.24, 2.45) is 0 Å². The van der Waals surface area contributed by atoms with Crippen LogP contribution in [0.2, 0.25) is 0 Å². The van der Waals surface area contributed by atoms with E-state index in [1.807, 2.05) is 0 Å². The van der Waals surface area contributed by atoms with Gasteiger partial charge in [0, 0.05) is 0 Å². The second-order valence-electron chi connectivity index (χ2n) is 6.61. The molecule has 0 bridgehead atoms. The van der Waals surface area contributed by atoms with E-state index >= 15 is 0 Å². The maximum atomic E-state index is 12.0. The van der Waals surface area contributed by atoms with Gasteiger partial charge in [-0.2, -0.15) is 13.2 Å². The minimum atomic E-state index is -4.44. The van der Waals surface area contributed by atoms with E-state index in [1.54, 1.807) is 0 Å². The predicted molar refractivity (Wildman–Crippen MR) is 117 cm³/mol. The molecule has 0 aliphatic carbocycles. The van der Waals surface area contributed by atoms with Crippen LogP contribution in [-0.4, -0.2) is 5.97 Å². The Morgan fingerprint density at radius 1 is 0.594 bits per heavy atom. The lowest BCUT2D eigenvalue weighted by Crippen LogP contribution is -2.22. The Labute approximate surface area is 187 Å². The average Bonchev–Trinajstić information content (AvgIpc) is 2.81. The van der Waals surface area contributed by atoms with Crippen molar-refractivity contribution < 1.29 is 23.1 Å². The van der Waals surface area contributed by atoms with Crippen LogP contribution in [0.5, 0.6) is 0 Å². The van der Waals surface area contributed by atoms with E-state index in [0.29, 0.717) is 12.1 Å². The van der Waals surface area contributed by atoms with Crippen LogP contribution in [0, 0.1) is 0 Å². The molecule has 4 aromatic rings. The third-order valence-electron chi connectivity index (χ3n) is 4.38. The summed E-state index contributed by atoms with van der Waals surface area (Å²) < 4.78 is 35.9. The molecule has 0 aromatic heterocycles. The van der Waals surface area contributed by atoms with E-state index in [1.165, 1.54) is 14.7 Å². The molecule has 0 saturated heterocycles. The lowest BCUT2D eigenvalue weighted by molar-refractivity contribution is -0.255. The van der Waals surface area contributed by atoms with Gasteiger partial charge in [-0.3, -0.25) is 0 Å². The summed E-state index contributed by atoms with van der Waals surface area (Å²) in [5.41, 5.74) is -1.15. The summed E-state index contributed by atoms with van der Waals surface area (Å²) >= 11 is 0. The van der Waals surface area contributed by atoms with E-state index in [4.69, 9.17) is 0 Å². The second-order valence-corrected chi connectivity index (χ2v) is 8.63. The van der Waals surface area contributed by atoms with E-state index in [0.717, 1.165) is 12.1 Å². The number of carboxylic acid groups (broad SMARTS) is 1. The van der Waals surface area contributed by atoms with Crippen LogP contribution in [0.3, 0.4) is 0 Å². The maximum Gasteiger partial charge on any atom is 0.416 e. The zero-order chi connectivity index (χ0) is 23.0. The van der Waals surface area contributed by atoms with Crippen LogP contribution < -0.4 is 5.11 Å². The lowest BCUT2D eigenvalue weighted by atomic mass is 10.1. The maximum absolute atomic E-state index is 12.0. The topological polar surface area (TPSA) is 40.1 Å². The third kappa shape index (κ3) is 6.25. The number of aromatic carboxylic acids is 1. The molecule has 0 saturated carbocycles. The van der Waals surface area contributed by atoms with Gasteiger partial charge in [-0.15, -0.1) is 0 Å². The summed E-state index contributed by atoms with van der Waals surface area (Å²) in [6, 6.07) is 35.3. The number of hydrogen-bond acceptors (Lipinski definition) is 2. The molecule has 0 radical (unpaired) electrons. The summed E-state index contributed by atoms with van der Waals surface area (Å²) in [4.78, 5) is 14.3. The number of carbonyl (C=O) groups is 1. The Kier molecular flexibility index (Phi) is 7.73. The Morgan fingerprint density at radius 3 is 1.22 bits per heavy atom. The summed E-state index contributed by atoms with van der Waals surface area (Å²) in [5.74, 6) is -1.49. The Hall–Kier alpha value is -3.51. The average molecular weight is 452 g/mol. The highest BCUT2D eigenvalue weighted by Crippen LogP contribution is 2.30. The molecule has 0 heterocycles. The summed E-state index contributed by atoms with van der Waals surface area (Å²) in [6.07, 6.45) is -4.44. The van der Waals surface area contributed by atoms with Gasteiger partial charge in [0.2, 0.25) is 0 Å². The van der Waals surface area contributed by atoms with Crippen molar-refractivity contribution in [3.63, 3.8) is 0 Å². The van der Waals surface area contributed by atoms with Crippen molar-refractivity contribution in [2.75, 3.05) is 0 Å². The van der Waals surface area contributed by atoms with E-state index in [-0.39, 0.29) is 16.5 Å².